The van der Waals surface area contributed by atoms with Crippen molar-refractivity contribution in [2.45, 2.75) is 38.8 Å². The normalized spacial score (nSPS) is 16.5. The summed E-state index contributed by atoms with van der Waals surface area (Å²) in [6.07, 6.45) is 2.33. The Labute approximate surface area is 75.6 Å². The Morgan fingerprint density at radius 2 is 2.08 bits per heavy atom. The van der Waals surface area contributed by atoms with Crippen molar-refractivity contribution in [3.63, 3.8) is 0 Å². The van der Waals surface area contributed by atoms with Crippen molar-refractivity contribution in [1.82, 2.24) is 4.90 Å². The van der Waals surface area contributed by atoms with Gasteiger partial charge in [0.05, 0.1) is 6.61 Å². The molecule has 2 unspecified atom stereocenters. The first-order valence-electron chi connectivity index (χ1n) is 4.70. The standard InChI is InChI=1S/C9H22N2O/c1-4-5-8(2)11(3)9(6-10)7-12/h8-9,12H,4-7,10H2,1-3H3. The van der Waals surface area contributed by atoms with Crippen molar-refractivity contribution in [1.29, 1.82) is 0 Å². The zero-order chi connectivity index (χ0) is 9.56. The van der Waals surface area contributed by atoms with E-state index in [1.807, 2.05) is 7.05 Å². The first-order valence-corrected chi connectivity index (χ1v) is 4.70. The summed E-state index contributed by atoms with van der Waals surface area (Å²) in [5, 5.41) is 8.99. The summed E-state index contributed by atoms with van der Waals surface area (Å²) in [5.74, 6) is 0. The summed E-state index contributed by atoms with van der Waals surface area (Å²) in [5.41, 5.74) is 5.52. The third-order valence-corrected chi connectivity index (χ3v) is 2.46. The highest BCUT2D eigenvalue weighted by Crippen LogP contribution is 2.07. The van der Waals surface area contributed by atoms with Gasteiger partial charge in [-0.25, -0.2) is 0 Å². The van der Waals surface area contributed by atoms with E-state index >= 15 is 0 Å². The van der Waals surface area contributed by atoms with E-state index < -0.39 is 0 Å². The van der Waals surface area contributed by atoms with Crippen molar-refractivity contribution >= 4 is 0 Å². The second kappa shape index (κ2) is 6.40. The van der Waals surface area contributed by atoms with Crippen molar-refractivity contribution in [2.24, 2.45) is 5.73 Å². The van der Waals surface area contributed by atoms with Gasteiger partial charge in [0.1, 0.15) is 0 Å². The van der Waals surface area contributed by atoms with E-state index in [9.17, 15) is 0 Å². The maximum atomic E-state index is 8.99. The molecule has 0 aromatic carbocycles. The Morgan fingerprint density at radius 1 is 1.50 bits per heavy atom. The number of likely N-dealkylation sites (N-methyl/N-ethyl adjacent to an activating group) is 1. The summed E-state index contributed by atoms with van der Waals surface area (Å²) in [6.45, 7) is 5.02. The first-order chi connectivity index (χ1) is 5.67. The van der Waals surface area contributed by atoms with Crippen LogP contribution in [-0.2, 0) is 0 Å². The molecule has 74 valence electrons. The molecule has 0 saturated heterocycles. The van der Waals surface area contributed by atoms with Gasteiger partial charge in [0.15, 0.2) is 0 Å². The summed E-state index contributed by atoms with van der Waals surface area (Å²) < 4.78 is 0. The fourth-order valence-electron chi connectivity index (χ4n) is 1.35. The van der Waals surface area contributed by atoms with Crippen LogP contribution in [0.15, 0.2) is 0 Å². The molecule has 3 heteroatoms. The van der Waals surface area contributed by atoms with Gasteiger partial charge in [-0.2, -0.15) is 0 Å². The largest absolute Gasteiger partial charge is 0.395 e. The van der Waals surface area contributed by atoms with E-state index in [-0.39, 0.29) is 12.6 Å². The molecule has 2 atom stereocenters. The molecule has 0 radical (unpaired) electrons. The van der Waals surface area contributed by atoms with Crippen LogP contribution in [0, 0.1) is 0 Å². The monoisotopic (exact) mass is 174 g/mol. The first kappa shape index (κ1) is 11.9. The number of nitrogens with zero attached hydrogens (tertiary/aromatic N) is 1. The lowest BCUT2D eigenvalue weighted by Crippen LogP contribution is -2.45. The molecule has 0 aliphatic carbocycles. The van der Waals surface area contributed by atoms with Gasteiger partial charge in [0, 0.05) is 18.6 Å². The summed E-state index contributed by atoms with van der Waals surface area (Å²) in [4.78, 5) is 2.16. The Kier molecular flexibility index (Phi) is 6.34. The Bertz CT molecular complexity index is 105. The number of nitrogens with two attached hydrogens (primary N) is 1. The van der Waals surface area contributed by atoms with Gasteiger partial charge >= 0.3 is 0 Å². The minimum absolute atomic E-state index is 0.117. The molecular weight excluding hydrogens is 152 g/mol. The predicted molar refractivity (Wildman–Crippen MR) is 52.1 cm³/mol. The molecular formula is C9H22N2O. The quantitative estimate of drug-likeness (QED) is 0.614. The van der Waals surface area contributed by atoms with Crippen LogP contribution < -0.4 is 5.73 Å². The van der Waals surface area contributed by atoms with E-state index in [4.69, 9.17) is 10.8 Å². The molecule has 3 N–H and O–H groups in total. The SMILES string of the molecule is CCCC(C)N(C)C(CN)CO. The van der Waals surface area contributed by atoms with Gasteiger partial charge in [-0.3, -0.25) is 4.90 Å². The highest BCUT2D eigenvalue weighted by Gasteiger charge is 2.16. The second-order valence-electron chi connectivity index (χ2n) is 3.38. The molecule has 0 heterocycles. The minimum atomic E-state index is 0.117. The third kappa shape index (κ3) is 3.52. The van der Waals surface area contributed by atoms with Crippen LogP contribution in [0.5, 0.6) is 0 Å². The minimum Gasteiger partial charge on any atom is -0.395 e. The highest BCUT2D eigenvalue weighted by atomic mass is 16.3. The van der Waals surface area contributed by atoms with Crippen LogP contribution >= 0.6 is 0 Å². The number of hydrogen-bond acceptors (Lipinski definition) is 3. The van der Waals surface area contributed by atoms with E-state index in [0.29, 0.717) is 12.6 Å². The maximum Gasteiger partial charge on any atom is 0.0599 e. The molecule has 0 aromatic rings. The van der Waals surface area contributed by atoms with Crippen molar-refractivity contribution < 1.29 is 5.11 Å². The molecule has 0 aliphatic rings. The lowest BCUT2D eigenvalue weighted by Gasteiger charge is -2.31. The van der Waals surface area contributed by atoms with Crippen LogP contribution in [-0.4, -0.2) is 42.3 Å². The Morgan fingerprint density at radius 3 is 2.42 bits per heavy atom. The van der Waals surface area contributed by atoms with Crippen LogP contribution in [0.1, 0.15) is 26.7 Å². The Balaban J connectivity index is 3.87. The number of hydrogen-bond donors (Lipinski definition) is 2. The van der Waals surface area contributed by atoms with Gasteiger partial charge in [0.2, 0.25) is 0 Å². The molecule has 0 aliphatic heterocycles. The second-order valence-corrected chi connectivity index (χ2v) is 3.38. The summed E-state index contributed by atoms with van der Waals surface area (Å²) in [7, 11) is 2.02. The van der Waals surface area contributed by atoms with Crippen molar-refractivity contribution in [2.75, 3.05) is 20.2 Å². The van der Waals surface area contributed by atoms with Crippen molar-refractivity contribution in [3.05, 3.63) is 0 Å². The van der Waals surface area contributed by atoms with E-state index in [2.05, 4.69) is 18.7 Å². The van der Waals surface area contributed by atoms with Gasteiger partial charge in [-0.1, -0.05) is 13.3 Å². The van der Waals surface area contributed by atoms with Crippen LogP contribution in [0.3, 0.4) is 0 Å². The molecule has 0 spiro atoms. The summed E-state index contributed by atoms with van der Waals surface area (Å²) in [6, 6.07) is 0.627. The molecule has 0 aromatic heterocycles. The topological polar surface area (TPSA) is 49.5 Å². The van der Waals surface area contributed by atoms with Crippen LogP contribution in [0.2, 0.25) is 0 Å². The zero-order valence-electron chi connectivity index (χ0n) is 8.45. The van der Waals surface area contributed by atoms with Gasteiger partial charge in [-0.15, -0.1) is 0 Å². The third-order valence-electron chi connectivity index (χ3n) is 2.46. The Hall–Kier alpha value is -0.120. The molecule has 3 nitrogen and oxygen atoms in total. The molecule has 0 fully saturated rings. The lowest BCUT2D eigenvalue weighted by atomic mass is 10.1. The average Bonchev–Trinajstić information content (AvgIpc) is 2.07. The van der Waals surface area contributed by atoms with Crippen LogP contribution in [0.25, 0.3) is 0 Å². The fourth-order valence-corrected chi connectivity index (χ4v) is 1.35. The van der Waals surface area contributed by atoms with Crippen LogP contribution in [0.4, 0.5) is 0 Å². The zero-order valence-corrected chi connectivity index (χ0v) is 8.45. The highest BCUT2D eigenvalue weighted by molar-refractivity contribution is 4.73. The lowest BCUT2D eigenvalue weighted by molar-refractivity contribution is 0.116. The molecule has 12 heavy (non-hydrogen) atoms. The van der Waals surface area contributed by atoms with E-state index in [1.54, 1.807) is 0 Å². The van der Waals surface area contributed by atoms with Gasteiger partial charge < -0.3 is 10.8 Å². The smallest absolute Gasteiger partial charge is 0.0599 e. The maximum absolute atomic E-state index is 8.99. The van der Waals surface area contributed by atoms with E-state index in [0.717, 1.165) is 6.42 Å². The van der Waals surface area contributed by atoms with E-state index in [1.165, 1.54) is 6.42 Å². The fraction of sp³-hybridized carbons (Fsp3) is 1.00. The average molecular weight is 174 g/mol. The van der Waals surface area contributed by atoms with Crippen molar-refractivity contribution in [3.8, 4) is 0 Å². The number of aliphatic hydroxyl groups excluding tert-OH is 1. The van der Waals surface area contributed by atoms with Gasteiger partial charge in [0.25, 0.3) is 0 Å². The molecule has 0 amide bonds. The molecule has 0 bridgehead atoms. The van der Waals surface area contributed by atoms with Gasteiger partial charge in [-0.05, 0) is 20.4 Å². The number of rotatable bonds is 6. The predicted octanol–water partition coefficient (Wildman–Crippen LogP) is 0.426. The summed E-state index contributed by atoms with van der Waals surface area (Å²) >= 11 is 0. The molecule has 0 rings (SSSR count). The molecule has 0 saturated carbocycles. The number of aliphatic hydroxyl groups is 1.